The maximum Gasteiger partial charge on any atom is 1.00 e. The first kappa shape index (κ1) is 46.6. The number of phosphoric acid groups is 3. The van der Waals surface area contributed by atoms with Gasteiger partial charge in [0.15, 0.2) is 34.8 Å². The quantitative estimate of drug-likeness (QED) is 0.0486. The first-order valence-electron chi connectivity index (χ1n) is 13.9. The predicted octanol–water partition coefficient (Wildman–Crippen LogP) is -14.9. The van der Waals surface area contributed by atoms with Gasteiger partial charge in [0.2, 0.25) is 11.9 Å². The van der Waals surface area contributed by atoms with Crippen molar-refractivity contribution < 1.29 is 133 Å². The number of ether oxygens (including phenoxy) is 2. The van der Waals surface area contributed by atoms with E-state index in [4.69, 9.17) is 20.9 Å². The monoisotopic (exact) mass is 806 g/mol. The number of aliphatic hydroxyl groups is 4. The van der Waals surface area contributed by atoms with Gasteiger partial charge in [-0.3, -0.25) is 42.4 Å². The van der Waals surface area contributed by atoms with Crippen molar-refractivity contribution >= 4 is 57.7 Å². The number of rotatable bonds is 12. The summed E-state index contributed by atoms with van der Waals surface area (Å²) < 4.78 is 65.8. The fourth-order valence-electron chi connectivity index (χ4n) is 5.09. The molecule has 0 saturated carbocycles. The van der Waals surface area contributed by atoms with E-state index in [1.165, 1.54) is 0 Å². The normalized spacial score (nSPS) is 28.7. The van der Waals surface area contributed by atoms with Gasteiger partial charge >= 0.3 is 56.6 Å². The van der Waals surface area contributed by atoms with Gasteiger partial charge in [0.25, 0.3) is 34.6 Å². The topological polar surface area (TPSA) is 436 Å². The molecule has 0 radical (unpaired) electrons. The summed E-state index contributed by atoms with van der Waals surface area (Å²) in [5.74, 6) is -0.659. The Kier molecular flexibility index (Phi) is 15.0. The number of nitrogens with two attached hydrogens (primary N) is 2. The molecule has 0 aliphatic carbocycles. The van der Waals surface area contributed by atoms with Gasteiger partial charge < -0.3 is 65.1 Å². The fourth-order valence-corrected chi connectivity index (χ4v) is 8.47. The van der Waals surface area contributed by atoms with Crippen molar-refractivity contribution in [2.45, 2.75) is 49.1 Å². The van der Waals surface area contributed by atoms with E-state index in [0.29, 0.717) is 0 Å². The summed E-state index contributed by atoms with van der Waals surface area (Å²) in [5, 5.41) is 41.7. The van der Waals surface area contributed by atoms with E-state index in [2.05, 4.69) is 47.6 Å². The van der Waals surface area contributed by atoms with Crippen LogP contribution in [0.15, 0.2) is 22.2 Å². The summed E-state index contributed by atoms with van der Waals surface area (Å²) in [5.41, 5.74) is 8.74. The molecule has 10 atom stereocenters. The van der Waals surface area contributed by atoms with Gasteiger partial charge in [-0.05, 0) is 0 Å². The molecular weight excluding hydrogens is 782 g/mol. The Morgan fingerprint density at radius 1 is 0.685 bits per heavy atom. The summed E-state index contributed by atoms with van der Waals surface area (Å²) in [4.78, 5) is 80.5. The first-order chi connectivity index (χ1) is 23.8. The molecule has 0 spiro atoms. The molecule has 0 amide bonds. The van der Waals surface area contributed by atoms with Crippen LogP contribution in [0.3, 0.4) is 0 Å². The first-order valence-corrected chi connectivity index (χ1v) is 18.3. The number of nitrogens with zero attached hydrogens (tertiary/aromatic N) is 6. The van der Waals surface area contributed by atoms with Gasteiger partial charge in [-0.2, -0.15) is 9.97 Å². The maximum absolute atomic E-state index is 12.3. The summed E-state index contributed by atoms with van der Waals surface area (Å²) in [7, 11) is -18.4. The Morgan fingerprint density at radius 3 is 1.39 bits per heavy atom. The van der Waals surface area contributed by atoms with Crippen LogP contribution < -0.4 is 93.8 Å². The smallest absolute Gasteiger partial charge is 0.756 e. The Bertz CT molecular complexity index is 2090. The molecule has 6 rings (SSSR count). The average Bonchev–Trinajstić information content (AvgIpc) is 3.76. The minimum atomic E-state index is -6.38. The van der Waals surface area contributed by atoms with E-state index in [1.54, 1.807) is 0 Å². The molecule has 0 aromatic carbocycles. The zero-order valence-electron chi connectivity index (χ0n) is 27.9. The van der Waals surface area contributed by atoms with Gasteiger partial charge in [-0.25, -0.2) is 18.6 Å². The number of nitrogen functional groups attached to an aromatic ring is 2. The third kappa shape index (κ3) is 9.68. The van der Waals surface area contributed by atoms with Crippen LogP contribution >= 0.6 is 23.5 Å². The second kappa shape index (κ2) is 17.4. The fraction of sp³-hybridized carbons (Fsp3) is 0.500. The van der Waals surface area contributed by atoms with E-state index in [1.807, 2.05) is 0 Å². The number of phosphoric ester groups is 2. The summed E-state index contributed by atoms with van der Waals surface area (Å²) >= 11 is 0. The zero-order valence-corrected chi connectivity index (χ0v) is 30.6. The second-order valence-corrected chi connectivity index (χ2v) is 15.2. The van der Waals surface area contributed by atoms with Gasteiger partial charge in [0, 0.05) is 0 Å². The predicted molar refractivity (Wildman–Crippen MR) is 154 cm³/mol. The van der Waals surface area contributed by atoms with Crippen molar-refractivity contribution in [2.75, 3.05) is 24.7 Å². The molecular formula is C20H24Li3N10O18P3. The Balaban J connectivity index is 0.00000261. The van der Waals surface area contributed by atoms with Crippen molar-refractivity contribution in [3.63, 3.8) is 0 Å². The van der Waals surface area contributed by atoms with Crippen LogP contribution in [0.25, 0.3) is 22.3 Å². The molecule has 54 heavy (non-hydrogen) atoms. The van der Waals surface area contributed by atoms with E-state index < -0.39 is 96.9 Å². The molecule has 2 fully saturated rings. The van der Waals surface area contributed by atoms with Crippen LogP contribution in [0.5, 0.6) is 0 Å². The minimum absolute atomic E-state index is 0. The molecule has 2 aliphatic rings. The van der Waals surface area contributed by atoms with E-state index in [0.717, 1.165) is 21.8 Å². The molecule has 280 valence electrons. The number of hydrogen-bond donors (Lipinski definition) is 8. The van der Waals surface area contributed by atoms with Crippen molar-refractivity contribution in [1.82, 2.24) is 39.0 Å². The molecule has 4 aromatic rings. The number of hydrogen-bond acceptors (Lipinski definition) is 24. The van der Waals surface area contributed by atoms with E-state index in [9.17, 15) is 58.4 Å². The number of aromatic amines is 2. The molecule has 34 heteroatoms. The number of H-pyrrole nitrogens is 2. The zero-order chi connectivity index (χ0) is 37.2. The number of fused-ring (bicyclic) bond motifs is 2. The van der Waals surface area contributed by atoms with E-state index in [-0.39, 0.29) is 90.8 Å². The second-order valence-electron chi connectivity index (χ2n) is 10.7. The summed E-state index contributed by atoms with van der Waals surface area (Å²) in [6, 6.07) is 0. The van der Waals surface area contributed by atoms with Crippen molar-refractivity contribution in [2.24, 2.45) is 0 Å². The third-order valence-corrected chi connectivity index (χ3v) is 11.4. The maximum atomic E-state index is 12.3. The van der Waals surface area contributed by atoms with Crippen LogP contribution in [-0.4, -0.2) is 109 Å². The average molecular weight is 806 g/mol. The molecule has 2 aliphatic heterocycles. The molecule has 2 saturated heterocycles. The Labute approximate surface area is 334 Å². The Morgan fingerprint density at radius 2 is 1.04 bits per heavy atom. The number of aromatic nitrogens is 8. The van der Waals surface area contributed by atoms with Crippen molar-refractivity contribution in [3.8, 4) is 0 Å². The van der Waals surface area contributed by atoms with Crippen molar-refractivity contribution in [3.05, 3.63) is 33.4 Å². The molecule has 2 unspecified atom stereocenters. The van der Waals surface area contributed by atoms with Gasteiger partial charge in [0.1, 0.15) is 36.6 Å². The van der Waals surface area contributed by atoms with Crippen LogP contribution in [-0.2, 0) is 40.8 Å². The van der Waals surface area contributed by atoms with Crippen molar-refractivity contribution in [1.29, 1.82) is 0 Å². The number of imidazole rings is 2. The van der Waals surface area contributed by atoms with Crippen LogP contribution in [0.2, 0.25) is 0 Å². The molecule has 4 aromatic heterocycles. The van der Waals surface area contributed by atoms with Crippen LogP contribution in [0.1, 0.15) is 12.5 Å². The Hall–Kier alpha value is -1.74. The number of aliphatic hydroxyl groups excluding tert-OH is 4. The third-order valence-electron chi connectivity index (χ3n) is 7.32. The SMILES string of the molecule is Nc1nc2c(ncn2[C@@H]2O[C@H](COP(=O)([O-])OP(=O)([O-])OP(=O)([O-])OC[C@H]3O[C@@H](n4cnc5c(=O)[nH]c(N)nc54)[C@H](O)[C@@H]3O)[C@@H](O)[C@H]2O)c(=O)[nH]1.[Li+].[Li+].[Li+]. The number of nitrogens with one attached hydrogen (secondary N) is 2. The molecule has 10 N–H and O–H groups in total. The molecule has 0 bridgehead atoms. The van der Waals surface area contributed by atoms with Crippen LogP contribution in [0.4, 0.5) is 11.9 Å². The van der Waals surface area contributed by atoms with E-state index >= 15 is 0 Å². The summed E-state index contributed by atoms with van der Waals surface area (Å²) in [6.45, 7) is -2.40. The van der Waals surface area contributed by atoms with Gasteiger partial charge in [-0.15, -0.1) is 0 Å². The number of anilines is 2. The van der Waals surface area contributed by atoms with Gasteiger partial charge in [0.05, 0.1) is 25.9 Å². The summed E-state index contributed by atoms with van der Waals surface area (Å²) in [6.07, 6.45) is -11.8. The van der Waals surface area contributed by atoms with Gasteiger partial charge in [-0.1, -0.05) is 0 Å². The standard InChI is InChI=1S/C20H27N10O18P3.3Li/c21-19-25-13-7(15(35)27-19)23-3-29(13)17-11(33)9(31)5(45-17)1-43-49(37,38)47-51(41,42)48-50(39,40)44-2-6-10(32)12(34)18(46-6)30-4-24-8-14(30)26-20(22)28-16(8)36;;;/h3-6,9-12,17-18,31-34H,1-2H2,(H,37,38)(H,39,40)(H,41,42)(H3,21,25,27,35)(H3,22,26,28,36);;;/q;3*+1/p-3/t5-,6-,9-,10-,11-,12-,17-,18-;;;/m1.../s1. The minimum Gasteiger partial charge on any atom is -0.756 e. The molecule has 6 heterocycles. The molecule has 28 nitrogen and oxygen atoms in total. The largest absolute Gasteiger partial charge is 1.00 e. The van der Waals surface area contributed by atoms with Crippen LogP contribution in [0, 0.1) is 0 Å².